The number of hydrogen-bond donors (Lipinski definition) is 3. The van der Waals surface area contributed by atoms with Gasteiger partial charge in [0.1, 0.15) is 0 Å². The SMILES string of the molecule is CC(C)OC(=O)CCCC=CC[C@H]1C(O)CC(O)[C@@H]1CCC(O)CCCc1ccccc1. The average Bonchev–Trinajstić information content (AvgIpc) is 3.01. The van der Waals surface area contributed by atoms with Crippen LogP contribution < -0.4 is 0 Å². The number of aliphatic hydroxyl groups excluding tert-OH is 3. The molecule has 5 heteroatoms. The third-order valence-electron chi connectivity index (χ3n) is 6.39. The Kier molecular flexibility index (Phi) is 12.0. The molecule has 1 aliphatic carbocycles. The largest absolute Gasteiger partial charge is 0.463 e. The summed E-state index contributed by atoms with van der Waals surface area (Å²) in [7, 11) is 0. The number of rotatable bonds is 14. The maximum atomic E-state index is 11.6. The van der Waals surface area contributed by atoms with E-state index in [0.717, 1.165) is 38.5 Å². The van der Waals surface area contributed by atoms with Gasteiger partial charge in [-0.05, 0) is 89.0 Å². The van der Waals surface area contributed by atoms with E-state index >= 15 is 0 Å². The minimum absolute atomic E-state index is 0.0134. The highest BCUT2D eigenvalue weighted by molar-refractivity contribution is 5.69. The van der Waals surface area contributed by atoms with E-state index in [1.54, 1.807) is 0 Å². The number of benzene rings is 1. The highest BCUT2D eigenvalue weighted by Gasteiger charge is 2.40. The molecule has 0 saturated heterocycles. The average molecular weight is 447 g/mol. The number of unbranched alkanes of at least 4 members (excludes halogenated alkanes) is 1. The van der Waals surface area contributed by atoms with Gasteiger partial charge in [-0.3, -0.25) is 4.79 Å². The second-order valence-corrected chi connectivity index (χ2v) is 9.45. The van der Waals surface area contributed by atoms with Gasteiger partial charge in [0, 0.05) is 6.42 Å². The Morgan fingerprint density at radius 3 is 2.50 bits per heavy atom. The van der Waals surface area contributed by atoms with Crippen molar-refractivity contribution in [2.75, 3.05) is 0 Å². The van der Waals surface area contributed by atoms with Crippen LogP contribution >= 0.6 is 0 Å². The molecule has 0 aromatic heterocycles. The second-order valence-electron chi connectivity index (χ2n) is 9.45. The fraction of sp³-hybridized carbons (Fsp3) is 0.667. The molecule has 0 amide bonds. The van der Waals surface area contributed by atoms with E-state index in [0.29, 0.717) is 25.7 Å². The number of hydrogen-bond acceptors (Lipinski definition) is 5. The van der Waals surface area contributed by atoms with Crippen molar-refractivity contribution in [1.29, 1.82) is 0 Å². The lowest BCUT2D eigenvalue weighted by atomic mass is 9.85. The van der Waals surface area contributed by atoms with Crippen molar-refractivity contribution in [1.82, 2.24) is 0 Å². The summed E-state index contributed by atoms with van der Waals surface area (Å²) >= 11 is 0. The molecule has 0 spiro atoms. The zero-order chi connectivity index (χ0) is 23.3. The molecule has 1 aromatic carbocycles. The zero-order valence-electron chi connectivity index (χ0n) is 19.7. The van der Waals surface area contributed by atoms with Crippen LogP contribution in [0.2, 0.25) is 0 Å². The van der Waals surface area contributed by atoms with Gasteiger partial charge in [-0.1, -0.05) is 42.5 Å². The third kappa shape index (κ3) is 9.85. The molecule has 1 aromatic rings. The van der Waals surface area contributed by atoms with Crippen LogP contribution in [0.15, 0.2) is 42.5 Å². The Bertz CT molecular complexity index is 672. The van der Waals surface area contributed by atoms with Crippen molar-refractivity contribution in [3.8, 4) is 0 Å². The number of carbonyl (C=O) groups is 1. The van der Waals surface area contributed by atoms with E-state index in [9.17, 15) is 20.1 Å². The van der Waals surface area contributed by atoms with Gasteiger partial charge in [0.2, 0.25) is 0 Å². The van der Waals surface area contributed by atoms with Gasteiger partial charge in [0.15, 0.2) is 0 Å². The lowest BCUT2D eigenvalue weighted by Gasteiger charge is -2.23. The van der Waals surface area contributed by atoms with Gasteiger partial charge in [-0.25, -0.2) is 0 Å². The summed E-state index contributed by atoms with van der Waals surface area (Å²) < 4.78 is 5.13. The van der Waals surface area contributed by atoms with Gasteiger partial charge < -0.3 is 20.1 Å². The molecule has 0 radical (unpaired) electrons. The predicted molar refractivity (Wildman–Crippen MR) is 127 cm³/mol. The smallest absolute Gasteiger partial charge is 0.306 e. The maximum absolute atomic E-state index is 11.6. The second kappa shape index (κ2) is 14.5. The van der Waals surface area contributed by atoms with Crippen molar-refractivity contribution in [2.45, 2.75) is 102 Å². The number of ether oxygens (including phenoxy) is 1. The molecule has 1 aliphatic rings. The molecule has 5 nitrogen and oxygen atoms in total. The van der Waals surface area contributed by atoms with Crippen LogP contribution in [0.5, 0.6) is 0 Å². The van der Waals surface area contributed by atoms with E-state index < -0.39 is 12.2 Å². The Labute approximate surface area is 193 Å². The summed E-state index contributed by atoms with van der Waals surface area (Å²) in [6.45, 7) is 3.69. The van der Waals surface area contributed by atoms with E-state index in [4.69, 9.17) is 4.74 Å². The first-order valence-corrected chi connectivity index (χ1v) is 12.3. The van der Waals surface area contributed by atoms with Crippen LogP contribution in [-0.2, 0) is 16.0 Å². The van der Waals surface area contributed by atoms with Gasteiger partial charge >= 0.3 is 5.97 Å². The lowest BCUT2D eigenvalue weighted by Crippen LogP contribution is -2.23. The summed E-state index contributed by atoms with van der Waals surface area (Å²) in [4.78, 5) is 11.6. The number of aryl methyl sites for hydroxylation is 1. The van der Waals surface area contributed by atoms with Crippen LogP contribution in [-0.4, -0.2) is 45.7 Å². The van der Waals surface area contributed by atoms with Crippen molar-refractivity contribution in [3.05, 3.63) is 48.0 Å². The molecule has 0 aliphatic heterocycles. The molecule has 3 N–H and O–H groups in total. The molecule has 0 bridgehead atoms. The molecule has 2 rings (SSSR count). The zero-order valence-corrected chi connectivity index (χ0v) is 19.7. The minimum Gasteiger partial charge on any atom is -0.463 e. The molecule has 32 heavy (non-hydrogen) atoms. The van der Waals surface area contributed by atoms with E-state index in [-0.39, 0.29) is 30.0 Å². The van der Waals surface area contributed by atoms with Crippen LogP contribution in [0.25, 0.3) is 0 Å². The summed E-state index contributed by atoms with van der Waals surface area (Å²) in [5, 5.41) is 31.2. The molecular formula is C27H42O5. The number of allylic oxidation sites excluding steroid dienone is 2. The number of carbonyl (C=O) groups excluding carboxylic acids is 1. The van der Waals surface area contributed by atoms with Gasteiger partial charge in [-0.15, -0.1) is 0 Å². The normalized spacial score (nSPS) is 24.3. The van der Waals surface area contributed by atoms with E-state index in [1.807, 2.05) is 32.0 Å². The van der Waals surface area contributed by atoms with Crippen LogP contribution in [0.3, 0.4) is 0 Å². The third-order valence-corrected chi connectivity index (χ3v) is 6.39. The molecule has 3 unspecified atom stereocenters. The summed E-state index contributed by atoms with van der Waals surface area (Å²) in [6.07, 6.45) is 9.77. The number of esters is 1. The van der Waals surface area contributed by atoms with Crippen molar-refractivity contribution in [2.24, 2.45) is 11.8 Å². The summed E-state index contributed by atoms with van der Waals surface area (Å²) in [5.41, 5.74) is 1.29. The molecule has 180 valence electrons. The Balaban J connectivity index is 1.67. The topological polar surface area (TPSA) is 87.0 Å². The van der Waals surface area contributed by atoms with Crippen LogP contribution in [0.1, 0.15) is 77.2 Å². The minimum atomic E-state index is -0.509. The first-order chi connectivity index (χ1) is 15.4. The number of aliphatic hydroxyl groups is 3. The van der Waals surface area contributed by atoms with Gasteiger partial charge in [0.05, 0.1) is 24.4 Å². The Morgan fingerprint density at radius 2 is 1.78 bits per heavy atom. The lowest BCUT2D eigenvalue weighted by molar-refractivity contribution is -0.147. The summed E-state index contributed by atoms with van der Waals surface area (Å²) in [6, 6.07) is 10.3. The predicted octanol–water partition coefficient (Wildman–Crippen LogP) is 4.58. The van der Waals surface area contributed by atoms with Gasteiger partial charge in [-0.2, -0.15) is 0 Å². The van der Waals surface area contributed by atoms with Crippen molar-refractivity contribution < 1.29 is 24.9 Å². The van der Waals surface area contributed by atoms with Crippen molar-refractivity contribution in [3.63, 3.8) is 0 Å². The van der Waals surface area contributed by atoms with Crippen molar-refractivity contribution >= 4 is 5.97 Å². The summed E-state index contributed by atoms with van der Waals surface area (Å²) in [5.74, 6) is -0.131. The van der Waals surface area contributed by atoms with E-state index in [2.05, 4.69) is 24.3 Å². The van der Waals surface area contributed by atoms with E-state index in [1.165, 1.54) is 5.56 Å². The Hall–Kier alpha value is -1.69. The highest BCUT2D eigenvalue weighted by Crippen LogP contribution is 2.38. The molecule has 5 atom stereocenters. The van der Waals surface area contributed by atoms with Crippen LogP contribution in [0.4, 0.5) is 0 Å². The molecular weight excluding hydrogens is 404 g/mol. The fourth-order valence-corrected chi connectivity index (χ4v) is 4.68. The first-order valence-electron chi connectivity index (χ1n) is 12.3. The monoisotopic (exact) mass is 446 g/mol. The first kappa shape index (κ1) is 26.6. The maximum Gasteiger partial charge on any atom is 0.306 e. The molecule has 1 saturated carbocycles. The van der Waals surface area contributed by atoms with Gasteiger partial charge in [0.25, 0.3) is 0 Å². The molecule has 0 heterocycles. The highest BCUT2D eigenvalue weighted by atomic mass is 16.5. The fourth-order valence-electron chi connectivity index (χ4n) is 4.68. The molecule has 1 fully saturated rings. The quantitative estimate of drug-likeness (QED) is 0.221. The Morgan fingerprint density at radius 1 is 1.06 bits per heavy atom. The standard InChI is InChI=1S/C27H42O5/c1-20(2)32-27(31)16-9-4-3-8-15-23-24(26(30)19-25(23)29)18-17-22(28)14-10-13-21-11-6-5-7-12-21/h3,5-8,11-12,20,22-26,28-30H,4,9-10,13-19H2,1-2H3/t22?,23-,24-,25?,26?/m1/s1. The van der Waals surface area contributed by atoms with Crippen LogP contribution in [0, 0.1) is 11.8 Å².